The first-order valence-corrected chi connectivity index (χ1v) is 15.8. The summed E-state index contributed by atoms with van der Waals surface area (Å²) in [5, 5.41) is 11.0. The first-order valence-electron chi connectivity index (χ1n) is 12.8. The van der Waals surface area contributed by atoms with E-state index in [4.69, 9.17) is 39.0 Å². The third kappa shape index (κ3) is 5.18. The highest BCUT2D eigenvalue weighted by atomic mass is 31.2. The molecule has 8 N–H and O–H groups in total. The summed E-state index contributed by atoms with van der Waals surface area (Å²) < 4.78 is 61.7. The zero-order chi connectivity index (χ0) is 31.0. The largest absolute Gasteiger partial charge is 0.472 e. The number of ether oxygens (including phenoxy) is 2. The highest BCUT2D eigenvalue weighted by molar-refractivity contribution is 7.47. The smallest absolute Gasteiger partial charge is 0.387 e. The summed E-state index contributed by atoms with van der Waals surface area (Å²) in [6.45, 7) is -1.40. The molecule has 2 unspecified atom stereocenters. The summed E-state index contributed by atoms with van der Waals surface area (Å²) in [6.07, 6.45) is -5.86. The molecule has 44 heavy (non-hydrogen) atoms. The minimum absolute atomic E-state index is 0.0654. The van der Waals surface area contributed by atoms with E-state index in [9.17, 15) is 28.8 Å². The van der Waals surface area contributed by atoms with Gasteiger partial charge in [-0.1, -0.05) is 0 Å². The first kappa shape index (κ1) is 29.3. The third-order valence-corrected chi connectivity index (χ3v) is 9.24. The Morgan fingerprint density at radius 1 is 0.886 bits per heavy atom. The Kier molecular flexibility index (Phi) is 7.06. The molecule has 3 aliphatic rings. The van der Waals surface area contributed by atoms with Gasteiger partial charge in [0, 0.05) is 6.42 Å². The maximum atomic E-state index is 13.2. The van der Waals surface area contributed by atoms with Gasteiger partial charge in [0.15, 0.2) is 28.9 Å². The van der Waals surface area contributed by atoms with E-state index in [-0.39, 0.29) is 34.9 Å². The molecular formula is C20H24N10O12P2. The van der Waals surface area contributed by atoms with Crippen LogP contribution in [0.2, 0.25) is 0 Å². The second-order valence-corrected chi connectivity index (χ2v) is 12.8. The normalized spacial score (nSPS) is 36.6. The number of imidazole rings is 2. The first-order chi connectivity index (χ1) is 20.9. The molecule has 22 nitrogen and oxygen atoms in total. The van der Waals surface area contributed by atoms with Crippen LogP contribution in [0, 0.1) is 0 Å². The van der Waals surface area contributed by atoms with Gasteiger partial charge in [0.1, 0.15) is 48.6 Å². The van der Waals surface area contributed by atoms with Crippen LogP contribution in [0.1, 0.15) is 18.9 Å². The van der Waals surface area contributed by atoms with E-state index < -0.39 is 77.4 Å². The second-order valence-electron chi connectivity index (χ2n) is 10.0. The summed E-state index contributed by atoms with van der Waals surface area (Å²) in [7, 11) is -9.88. The van der Waals surface area contributed by atoms with Crippen LogP contribution in [0.4, 0.5) is 11.8 Å². The lowest BCUT2D eigenvalue weighted by Crippen LogP contribution is -2.35. The second kappa shape index (κ2) is 10.6. The zero-order valence-electron chi connectivity index (χ0n) is 22.1. The number of nitrogen functional groups attached to an aromatic ring is 2. The number of phosphoric ester groups is 2. The van der Waals surface area contributed by atoms with Crippen molar-refractivity contribution in [2.75, 3.05) is 24.7 Å². The van der Waals surface area contributed by atoms with Gasteiger partial charge in [-0.05, 0) is 0 Å². The number of nitrogens with two attached hydrogens (primary N) is 2. The predicted molar refractivity (Wildman–Crippen MR) is 142 cm³/mol. The number of hydrogen-bond donors (Lipinski definition) is 6. The van der Waals surface area contributed by atoms with Crippen molar-refractivity contribution in [3.63, 3.8) is 0 Å². The van der Waals surface area contributed by atoms with Crippen LogP contribution < -0.4 is 17.0 Å². The van der Waals surface area contributed by atoms with E-state index in [1.54, 1.807) is 0 Å². The lowest BCUT2D eigenvalue weighted by molar-refractivity contribution is -0.0670. The molecule has 7 rings (SSSR count). The predicted octanol–water partition coefficient (Wildman–Crippen LogP) is -1.31. The molecule has 236 valence electrons. The molecular weight excluding hydrogens is 634 g/mol. The average Bonchev–Trinajstić information content (AvgIpc) is 3.72. The number of aliphatic hydroxyl groups is 1. The van der Waals surface area contributed by atoms with E-state index in [0.29, 0.717) is 5.65 Å². The Morgan fingerprint density at radius 2 is 1.59 bits per heavy atom. The molecule has 3 saturated heterocycles. The van der Waals surface area contributed by atoms with E-state index in [1.807, 2.05) is 0 Å². The fourth-order valence-electron chi connectivity index (χ4n) is 5.26. The van der Waals surface area contributed by atoms with Crippen molar-refractivity contribution in [1.29, 1.82) is 0 Å². The Labute approximate surface area is 244 Å². The van der Waals surface area contributed by atoms with Gasteiger partial charge in [-0.3, -0.25) is 37.0 Å². The maximum absolute atomic E-state index is 13.2. The van der Waals surface area contributed by atoms with Crippen molar-refractivity contribution in [1.82, 2.24) is 39.0 Å². The summed E-state index contributed by atoms with van der Waals surface area (Å²) in [5.74, 6) is -0.145. The van der Waals surface area contributed by atoms with Gasteiger partial charge in [0.05, 0.1) is 25.9 Å². The number of nitrogens with one attached hydrogen (secondary N) is 1. The fourth-order valence-corrected chi connectivity index (χ4v) is 7.15. The number of aliphatic hydroxyl groups excluding tert-OH is 1. The van der Waals surface area contributed by atoms with Crippen molar-refractivity contribution >= 4 is 49.7 Å². The Morgan fingerprint density at radius 3 is 2.39 bits per heavy atom. The summed E-state index contributed by atoms with van der Waals surface area (Å²) in [4.78, 5) is 56.0. The molecule has 4 aromatic heterocycles. The van der Waals surface area contributed by atoms with E-state index in [0.717, 1.165) is 10.9 Å². The molecule has 0 radical (unpaired) electrons. The highest BCUT2D eigenvalue weighted by Gasteiger charge is 2.52. The molecule has 4 aromatic rings. The van der Waals surface area contributed by atoms with Gasteiger partial charge in [0.25, 0.3) is 5.56 Å². The van der Waals surface area contributed by atoms with Crippen molar-refractivity contribution in [2.24, 2.45) is 0 Å². The summed E-state index contributed by atoms with van der Waals surface area (Å²) >= 11 is 0. The molecule has 0 spiro atoms. The van der Waals surface area contributed by atoms with Crippen molar-refractivity contribution in [3.05, 3.63) is 29.3 Å². The number of H-pyrrole nitrogens is 1. The van der Waals surface area contributed by atoms with Gasteiger partial charge in [0.2, 0.25) is 5.95 Å². The van der Waals surface area contributed by atoms with E-state index in [1.165, 1.54) is 17.2 Å². The van der Waals surface area contributed by atoms with Crippen molar-refractivity contribution < 1.29 is 51.6 Å². The van der Waals surface area contributed by atoms with Gasteiger partial charge < -0.3 is 35.8 Å². The van der Waals surface area contributed by atoms with Gasteiger partial charge in [-0.15, -0.1) is 0 Å². The number of rotatable bonds is 2. The SMILES string of the molecule is Nc1nc2c(ncn2[C@@H]2O[C@H]3COP(=O)(O)O[C@H]4C[C@H](n5cnc6c(N)ncnc65)O[C@@H]4COP(=O)(O)O[C@@H]2[C@@H]3O)c(=O)[nH]1. The van der Waals surface area contributed by atoms with E-state index >= 15 is 0 Å². The quantitative estimate of drug-likeness (QED) is 0.136. The molecule has 24 heteroatoms. The molecule has 0 amide bonds. The molecule has 3 fully saturated rings. The monoisotopic (exact) mass is 658 g/mol. The lowest BCUT2D eigenvalue weighted by atomic mass is 10.1. The number of aromatic nitrogens is 8. The number of fused-ring (bicyclic) bond motifs is 5. The number of anilines is 2. The van der Waals surface area contributed by atoms with Gasteiger partial charge in [-0.25, -0.2) is 29.1 Å². The van der Waals surface area contributed by atoms with Crippen LogP contribution in [0.3, 0.4) is 0 Å². The molecule has 0 saturated carbocycles. The van der Waals surface area contributed by atoms with Crippen LogP contribution in [-0.4, -0.2) is 97.7 Å². The average molecular weight is 658 g/mol. The Hall–Kier alpha value is -3.40. The highest BCUT2D eigenvalue weighted by Crippen LogP contribution is 2.53. The summed E-state index contributed by atoms with van der Waals surface area (Å²) in [5.41, 5.74) is 11.2. The minimum Gasteiger partial charge on any atom is -0.387 e. The zero-order valence-corrected chi connectivity index (χ0v) is 23.9. The summed E-state index contributed by atoms with van der Waals surface area (Å²) in [6, 6.07) is 0. The minimum atomic E-state index is -5.01. The van der Waals surface area contributed by atoms with Crippen molar-refractivity contribution in [3.8, 4) is 0 Å². The fraction of sp³-hybridized carbons (Fsp3) is 0.500. The standard InChI is InChI=1S/C20H24N10O12P2/c21-15-11-16(24-4-23-15)29(5-25-11)10-1-7-8(39-10)2-37-44(35,36)42-14-13(31)9(3-38-43(33,34)41-7)40-19(14)30-6-26-12-17(30)27-20(22)28-18(12)32/h4-10,13-14,19,31H,1-3H2,(H,33,34)(H,35,36)(H2,21,23,24)(H3,22,27,28,32)/t7-,8+,9-,10+,13+,14+,19+/m0/s1. The molecule has 3 aliphatic heterocycles. The number of phosphoric acid groups is 2. The number of aromatic amines is 1. The third-order valence-electron chi connectivity index (χ3n) is 7.24. The number of nitrogens with zero attached hydrogens (tertiary/aromatic N) is 7. The topological polar surface area (TPSA) is 309 Å². The number of hydrogen-bond acceptors (Lipinski definition) is 17. The van der Waals surface area contributed by atoms with Crippen LogP contribution >= 0.6 is 15.6 Å². The van der Waals surface area contributed by atoms with Crippen LogP contribution in [0.15, 0.2) is 23.8 Å². The van der Waals surface area contributed by atoms with Crippen LogP contribution in [-0.2, 0) is 36.7 Å². The molecule has 9 atom stereocenters. The lowest BCUT2D eigenvalue weighted by Gasteiger charge is -2.25. The van der Waals surface area contributed by atoms with E-state index in [2.05, 4.69) is 29.9 Å². The Bertz CT molecular complexity index is 1900. The van der Waals surface area contributed by atoms with Crippen LogP contribution in [0.5, 0.6) is 0 Å². The maximum Gasteiger partial charge on any atom is 0.472 e. The molecule has 2 bridgehead atoms. The molecule has 0 aromatic carbocycles. The van der Waals surface area contributed by atoms with Gasteiger partial charge in [-0.2, -0.15) is 4.98 Å². The molecule has 7 heterocycles. The Balaban J connectivity index is 1.19. The van der Waals surface area contributed by atoms with Crippen LogP contribution in [0.25, 0.3) is 22.3 Å². The van der Waals surface area contributed by atoms with Gasteiger partial charge >= 0.3 is 15.6 Å². The molecule has 0 aliphatic carbocycles. The van der Waals surface area contributed by atoms with Crippen molar-refractivity contribution in [2.45, 2.75) is 49.4 Å².